The van der Waals surface area contributed by atoms with Crippen molar-refractivity contribution in [2.75, 3.05) is 0 Å². The zero-order valence-electron chi connectivity index (χ0n) is 17.4. The molecule has 1 aromatic rings. The van der Waals surface area contributed by atoms with Crippen molar-refractivity contribution in [3.8, 4) is 0 Å². The lowest BCUT2D eigenvalue weighted by molar-refractivity contribution is -0.166. The summed E-state index contributed by atoms with van der Waals surface area (Å²) in [5.41, 5.74) is -1.31. The third-order valence-electron chi connectivity index (χ3n) is 4.20. The SMILES string of the molecule is [2H]C([2H])([2H])C1O[C@@H]2Cc3cc(C(F)(F)F)ccc3[C@@H]2N(C(=O)OC(C)(C)C)C1=O. The Balaban J connectivity index is 2.06. The van der Waals surface area contributed by atoms with Crippen LogP contribution in [0.25, 0.3) is 0 Å². The Hall–Kier alpha value is -2.09. The second-order valence-corrected chi connectivity index (χ2v) is 7.30. The van der Waals surface area contributed by atoms with Gasteiger partial charge in [0.25, 0.3) is 5.91 Å². The average Bonchev–Trinajstić information content (AvgIpc) is 2.88. The van der Waals surface area contributed by atoms with Crippen molar-refractivity contribution in [2.45, 2.75) is 64.1 Å². The minimum Gasteiger partial charge on any atom is -0.443 e. The largest absolute Gasteiger partial charge is 0.443 e. The lowest BCUT2D eigenvalue weighted by Gasteiger charge is -2.39. The minimum atomic E-state index is -4.56. The normalized spacial score (nSPS) is 27.9. The molecule has 0 aromatic heterocycles. The molecule has 1 unspecified atom stereocenters. The molecule has 1 aliphatic carbocycles. The van der Waals surface area contributed by atoms with Crippen LogP contribution in [0.4, 0.5) is 18.0 Å². The third-order valence-corrected chi connectivity index (χ3v) is 4.20. The molecule has 0 radical (unpaired) electrons. The molecule has 0 bridgehead atoms. The van der Waals surface area contributed by atoms with E-state index in [1.54, 1.807) is 20.8 Å². The van der Waals surface area contributed by atoms with E-state index in [1.807, 2.05) is 0 Å². The van der Waals surface area contributed by atoms with Crippen LogP contribution in [0, 0.1) is 0 Å². The summed E-state index contributed by atoms with van der Waals surface area (Å²) in [6.45, 7) is 1.88. The summed E-state index contributed by atoms with van der Waals surface area (Å²) in [5, 5.41) is 0. The lowest BCUT2D eigenvalue weighted by Crippen LogP contribution is -2.55. The number of rotatable bonds is 0. The molecule has 1 aromatic carbocycles. The standard InChI is InChI=1S/C18H20F3NO4/c1-9-15(23)22(16(24)26-17(2,3)4)14-12-6-5-11(18(19,20)21)7-10(12)8-13(14)25-9/h5-7,9,13-14H,8H2,1-4H3/t9?,13-,14+/m1/s1/i1D3. The molecule has 1 heterocycles. The van der Waals surface area contributed by atoms with E-state index in [-0.39, 0.29) is 12.0 Å². The summed E-state index contributed by atoms with van der Waals surface area (Å²) in [6, 6.07) is 1.91. The van der Waals surface area contributed by atoms with Gasteiger partial charge >= 0.3 is 12.3 Å². The van der Waals surface area contributed by atoms with E-state index in [1.165, 1.54) is 6.07 Å². The van der Waals surface area contributed by atoms with Crippen molar-refractivity contribution in [3.63, 3.8) is 0 Å². The quantitative estimate of drug-likeness (QED) is 0.692. The highest BCUT2D eigenvalue weighted by atomic mass is 19.4. The molecule has 1 aliphatic heterocycles. The molecule has 3 atom stereocenters. The Morgan fingerprint density at radius 1 is 1.35 bits per heavy atom. The summed E-state index contributed by atoms with van der Waals surface area (Å²) in [5.74, 6) is -1.10. The molecule has 142 valence electrons. The number of halogens is 3. The number of ether oxygens (including phenoxy) is 2. The summed E-state index contributed by atoms with van der Waals surface area (Å²) in [4.78, 5) is 26.3. The zero-order chi connectivity index (χ0) is 21.9. The summed E-state index contributed by atoms with van der Waals surface area (Å²) in [6.07, 6.45) is -8.59. The Morgan fingerprint density at radius 2 is 2.04 bits per heavy atom. The summed E-state index contributed by atoms with van der Waals surface area (Å²) < 4.78 is 72.5. The maximum atomic E-state index is 13.1. The fourth-order valence-electron chi connectivity index (χ4n) is 3.21. The highest BCUT2D eigenvalue weighted by Crippen LogP contribution is 2.44. The first kappa shape index (κ1) is 15.0. The Labute approximate surface area is 153 Å². The molecular weight excluding hydrogens is 351 g/mol. The van der Waals surface area contributed by atoms with Gasteiger partial charge in [0.2, 0.25) is 0 Å². The van der Waals surface area contributed by atoms with Crippen molar-refractivity contribution in [1.29, 1.82) is 0 Å². The van der Waals surface area contributed by atoms with Crippen molar-refractivity contribution in [2.24, 2.45) is 0 Å². The van der Waals surface area contributed by atoms with Gasteiger partial charge in [0, 0.05) is 10.5 Å². The van der Waals surface area contributed by atoms with Crippen molar-refractivity contribution in [1.82, 2.24) is 4.90 Å². The number of amides is 2. The van der Waals surface area contributed by atoms with E-state index in [2.05, 4.69) is 0 Å². The van der Waals surface area contributed by atoms with Gasteiger partial charge in [0.1, 0.15) is 11.7 Å². The zero-order valence-corrected chi connectivity index (χ0v) is 14.4. The van der Waals surface area contributed by atoms with Crippen LogP contribution in [0.15, 0.2) is 18.2 Å². The molecule has 1 fully saturated rings. The Bertz CT molecular complexity index is 848. The molecule has 0 spiro atoms. The van der Waals surface area contributed by atoms with E-state index in [0.717, 1.165) is 12.1 Å². The maximum absolute atomic E-state index is 13.1. The van der Waals surface area contributed by atoms with Gasteiger partial charge in [-0.3, -0.25) is 4.79 Å². The molecule has 8 heteroatoms. The Kier molecular flexibility index (Phi) is 3.45. The first-order chi connectivity index (χ1) is 13.1. The van der Waals surface area contributed by atoms with Crippen LogP contribution in [-0.2, 0) is 26.9 Å². The van der Waals surface area contributed by atoms with Gasteiger partial charge in [-0.05, 0) is 50.9 Å². The predicted molar refractivity (Wildman–Crippen MR) is 85.3 cm³/mol. The second kappa shape index (κ2) is 5.97. The number of carbonyl (C=O) groups is 2. The molecule has 5 nitrogen and oxygen atoms in total. The fraction of sp³-hybridized carbons (Fsp3) is 0.556. The number of hydrogen-bond donors (Lipinski definition) is 0. The van der Waals surface area contributed by atoms with Gasteiger partial charge in [-0.25, -0.2) is 9.69 Å². The van der Waals surface area contributed by atoms with Crippen molar-refractivity contribution >= 4 is 12.0 Å². The first-order valence-electron chi connectivity index (χ1n) is 9.51. The number of hydrogen-bond acceptors (Lipinski definition) is 4. The molecule has 1 saturated heterocycles. The molecule has 2 aliphatic rings. The molecular formula is C18H20F3NO4. The van der Waals surface area contributed by atoms with E-state index < -0.39 is 54.4 Å². The number of morpholine rings is 1. The van der Waals surface area contributed by atoms with Crippen LogP contribution in [0.3, 0.4) is 0 Å². The van der Waals surface area contributed by atoms with Crippen LogP contribution in [0.2, 0.25) is 0 Å². The van der Waals surface area contributed by atoms with Gasteiger partial charge in [0.15, 0.2) is 0 Å². The maximum Gasteiger partial charge on any atom is 0.417 e. The highest BCUT2D eigenvalue weighted by Gasteiger charge is 2.50. The number of nitrogens with zero attached hydrogens (tertiary/aromatic N) is 1. The first-order valence-corrected chi connectivity index (χ1v) is 8.01. The van der Waals surface area contributed by atoms with Gasteiger partial charge in [-0.1, -0.05) is 6.07 Å². The summed E-state index contributed by atoms with van der Waals surface area (Å²) >= 11 is 0. The average molecular weight is 374 g/mol. The lowest BCUT2D eigenvalue weighted by atomic mass is 10.0. The number of benzene rings is 1. The van der Waals surface area contributed by atoms with Crippen LogP contribution in [-0.4, -0.2) is 34.7 Å². The van der Waals surface area contributed by atoms with Gasteiger partial charge in [0.05, 0.1) is 17.7 Å². The highest BCUT2D eigenvalue weighted by molar-refractivity contribution is 5.96. The van der Waals surface area contributed by atoms with Crippen LogP contribution in [0.5, 0.6) is 0 Å². The van der Waals surface area contributed by atoms with Crippen molar-refractivity contribution in [3.05, 3.63) is 34.9 Å². The van der Waals surface area contributed by atoms with Crippen LogP contribution < -0.4 is 0 Å². The van der Waals surface area contributed by atoms with E-state index in [0.29, 0.717) is 10.5 Å². The molecule has 0 saturated carbocycles. The molecule has 26 heavy (non-hydrogen) atoms. The van der Waals surface area contributed by atoms with E-state index in [4.69, 9.17) is 13.6 Å². The predicted octanol–water partition coefficient (Wildman–Crippen LogP) is 3.85. The molecule has 0 N–H and O–H groups in total. The van der Waals surface area contributed by atoms with Crippen LogP contribution in [0.1, 0.15) is 54.5 Å². The van der Waals surface area contributed by atoms with Crippen LogP contribution >= 0.6 is 0 Å². The minimum absolute atomic E-state index is 0.0664. The van der Waals surface area contributed by atoms with Crippen molar-refractivity contribution < 1.29 is 36.3 Å². The fourth-order valence-corrected chi connectivity index (χ4v) is 3.21. The van der Waals surface area contributed by atoms with E-state index in [9.17, 15) is 22.8 Å². The van der Waals surface area contributed by atoms with Gasteiger partial charge < -0.3 is 9.47 Å². The molecule has 3 rings (SSSR count). The number of carbonyl (C=O) groups excluding carboxylic acids is 2. The summed E-state index contributed by atoms with van der Waals surface area (Å²) in [7, 11) is 0. The Morgan fingerprint density at radius 3 is 2.62 bits per heavy atom. The number of imide groups is 1. The van der Waals surface area contributed by atoms with Gasteiger partial charge in [-0.15, -0.1) is 0 Å². The second-order valence-electron chi connectivity index (χ2n) is 7.30. The molecule has 2 amide bonds. The van der Waals surface area contributed by atoms with E-state index >= 15 is 0 Å². The topological polar surface area (TPSA) is 55.8 Å². The third kappa shape index (κ3) is 3.30. The smallest absolute Gasteiger partial charge is 0.417 e. The van der Waals surface area contributed by atoms with Gasteiger partial charge in [-0.2, -0.15) is 13.2 Å². The number of alkyl halides is 3. The monoisotopic (exact) mass is 374 g/mol. The number of fused-ring (bicyclic) bond motifs is 3.